The van der Waals surface area contributed by atoms with Crippen molar-refractivity contribution in [3.05, 3.63) is 42.5 Å². The molecular formula is C22H34O3. The summed E-state index contributed by atoms with van der Waals surface area (Å²) >= 11 is 0. The SMILES string of the molecule is C=CC[C@]1(C)[C@@H](C)CCC[C@@]1(O)CCCOCc1ccc(OC)cc1. The molecule has 0 radical (unpaired) electrons. The molecule has 2 rings (SSSR count). The first-order valence-corrected chi connectivity index (χ1v) is 9.49. The molecule has 25 heavy (non-hydrogen) atoms. The summed E-state index contributed by atoms with van der Waals surface area (Å²) in [6, 6.07) is 7.95. The lowest BCUT2D eigenvalue weighted by Gasteiger charge is -2.52. The van der Waals surface area contributed by atoms with Crippen LogP contribution in [0.1, 0.15) is 57.9 Å². The second kappa shape index (κ2) is 8.86. The van der Waals surface area contributed by atoms with Gasteiger partial charge in [0.25, 0.3) is 0 Å². The predicted octanol–water partition coefficient (Wildman–Crippen LogP) is 5.13. The molecule has 1 aliphatic rings. The Morgan fingerprint density at radius 1 is 1.32 bits per heavy atom. The lowest BCUT2D eigenvalue weighted by molar-refractivity contribution is -0.139. The standard InChI is InChI=1S/C22H34O3/c1-5-13-21(3)18(2)8-6-14-22(21,23)15-7-16-25-17-19-9-11-20(24-4)12-10-19/h5,9-12,18,23H,1,6-8,13-17H2,2-4H3/t18-,21+,22+/m0/s1. The molecule has 1 saturated carbocycles. The van der Waals surface area contributed by atoms with E-state index >= 15 is 0 Å². The number of hydrogen-bond donors (Lipinski definition) is 1. The molecule has 0 aliphatic heterocycles. The number of ether oxygens (including phenoxy) is 2. The van der Waals surface area contributed by atoms with Crippen molar-refractivity contribution in [2.45, 2.75) is 64.6 Å². The molecule has 1 N–H and O–H groups in total. The van der Waals surface area contributed by atoms with Crippen LogP contribution in [0.4, 0.5) is 0 Å². The van der Waals surface area contributed by atoms with E-state index in [1.165, 1.54) is 6.42 Å². The van der Waals surface area contributed by atoms with E-state index in [-0.39, 0.29) is 5.41 Å². The lowest BCUT2D eigenvalue weighted by Crippen LogP contribution is -2.52. The normalized spacial score (nSPS) is 29.4. The van der Waals surface area contributed by atoms with Crippen LogP contribution < -0.4 is 4.74 Å². The minimum Gasteiger partial charge on any atom is -0.497 e. The van der Waals surface area contributed by atoms with E-state index in [0.717, 1.165) is 43.4 Å². The van der Waals surface area contributed by atoms with Gasteiger partial charge in [-0.3, -0.25) is 0 Å². The quantitative estimate of drug-likeness (QED) is 0.498. The smallest absolute Gasteiger partial charge is 0.118 e. The largest absolute Gasteiger partial charge is 0.497 e. The highest BCUT2D eigenvalue weighted by atomic mass is 16.5. The Kier molecular flexibility index (Phi) is 7.09. The molecule has 0 heterocycles. The third kappa shape index (κ3) is 4.65. The molecular weight excluding hydrogens is 312 g/mol. The van der Waals surface area contributed by atoms with Crippen molar-refractivity contribution in [1.82, 2.24) is 0 Å². The number of benzene rings is 1. The zero-order valence-corrected chi connectivity index (χ0v) is 16.1. The highest BCUT2D eigenvalue weighted by Crippen LogP contribution is 2.52. The summed E-state index contributed by atoms with van der Waals surface area (Å²) in [6.45, 7) is 9.69. The van der Waals surface area contributed by atoms with E-state index in [2.05, 4.69) is 20.4 Å². The second-order valence-electron chi connectivity index (χ2n) is 7.74. The van der Waals surface area contributed by atoms with Gasteiger partial charge in [0.15, 0.2) is 0 Å². The van der Waals surface area contributed by atoms with Crippen molar-refractivity contribution in [2.24, 2.45) is 11.3 Å². The van der Waals surface area contributed by atoms with Crippen molar-refractivity contribution in [2.75, 3.05) is 13.7 Å². The molecule has 1 aromatic carbocycles. The highest BCUT2D eigenvalue weighted by Gasteiger charge is 2.50. The molecule has 0 saturated heterocycles. The van der Waals surface area contributed by atoms with E-state index < -0.39 is 5.60 Å². The van der Waals surface area contributed by atoms with Gasteiger partial charge in [0, 0.05) is 12.0 Å². The van der Waals surface area contributed by atoms with Crippen molar-refractivity contribution in [3.8, 4) is 5.75 Å². The van der Waals surface area contributed by atoms with Gasteiger partial charge in [-0.1, -0.05) is 38.5 Å². The number of rotatable bonds is 9. The fraction of sp³-hybridized carbons (Fsp3) is 0.636. The average Bonchev–Trinajstić information content (AvgIpc) is 2.61. The summed E-state index contributed by atoms with van der Waals surface area (Å²) in [4.78, 5) is 0. The zero-order valence-electron chi connectivity index (χ0n) is 16.1. The third-order valence-electron chi connectivity index (χ3n) is 6.25. The molecule has 3 heteroatoms. The van der Waals surface area contributed by atoms with E-state index in [9.17, 15) is 5.11 Å². The van der Waals surface area contributed by atoms with Gasteiger partial charge < -0.3 is 14.6 Å². The van der Waals surface area contributed by atoms with E-state index in [1.54, 1.807) is 7.11 Å². The van der Waals surface area contributed by atoms with Crippen LogP contribution in [0, 0.1) is 11.3 Å². The Labute approximate surface area is 153 Å². The number of aliphatic hydroxyl groups is 1. The molecule has 0 aromatic heterocycles. The summed E-state index contributed by atoms with van der Waals surface area (Å²) < 4.78 is 11.0. The van der Waals surface area contributed by atoms with Crippen LogP contribution in [0.25, 0.3) is 0 Å². The van der Waals surface area contributed by atoms with Crippen LogP contribution >= 0.6 is 0 Å². The summed E-state index contributed by atoms with van der Waals surface area (Å²) in [5.74, 6) is 1.38. The molecule has 3 nitrogen and oxygen atoms in total. The van der Waals surface area contributed by atoms with E-state index in [0.29, 0.717) is 19.1 Å². The topological polar surface area (TPSA) is 38.7 Å². The maximum atomic E-state index is 11.3. The van der Waals surface area contributed by atoms with E-state index in [1.807, 2.05) is 30.3 Å². The van der Waals surface area contributed by atoms with Gasteiger partial charge in [0.05, 0.1) is 19.3 Å². The van der Waals surface area contributed by atoms with Crippen molar-refractivity contribution < 1.29 is 14.6 Å². The van der Waals surface area contributed by atoms with Gasteiger partial charge in [-0.25, -0.2) is 0 Å². The molecule has 140 valence electrons. The van der Waals surface area contributed by atoms with Crippen LogP contribution in [0.5, 0.6) is 5.75 Å². The number of allylic oxidation sites excluding steroid dienone is 1. The maximum Gasteiger partial charge on any atom is 0.118 e. The molecule has 0 bridgehead atoms. The highest BCUT2D eigenvalue weighted by molar-refractivity contribution is 5.26. The first kappa shape index (κ1) is 20.0. The molecule has 0 spiro atoms. The van der Waals surface area contributed by atoms with Gasteiger partial charge in [-0.05, 0) is 55.7 Å². The van der Waals surface area contributed by atoms with Gasteiger partial charge in [0.1, 0.15) is 5.75 Å². The summed E-state index contributed by atoms with van der Waals surface area (Å²) in [5, 5.41) is 11.3. The fourth-order valence-electron chi connectivity index (χ4n) is 4.24. The number of hydrogen-bond acceptors (Lipinski definition) is 3. The van der Waals surface area contributed by atoms with Crippen molar-refractivity contribution in [3.63, 3.8) is 0 Å². The monoisotopic (exact) mass is 346 g/mol. The van der Waals surface area contributed by atoms with Crippen LogP contribution in [0.15, 0.2) is 36.9 Å². The molecule has 1 fully saturated rings. The second-order valence-corrected chi connectivity index (χ2v) is 7.74. The van der Waals surface area contributed by atoms with E-state index in [4.69, 9.17) is 9.47 Å². The molecule has 0 amide bonds. The van der Waals surface area contributed by atoms with Gasteiger partial charge in [-0.2, -0.15) is 0 Å². The van der Waals surface area contributed by atoms with Crippen molar-refractivity contribution in [1.29, 1.82) is 0 Å². The zero-order chi connectivity index (χ0) is 18.3. The predicted molar refractivity (Wildman–Crippen MR) is 103 cm³/mol. The molecule has 3 atom stereocenters. The Morgan fingerprint density at radius 3 is 2.68 bits per heavy atom. The Hall–Kier alpha value is -1.32. The first-order chi connectivity index (χ1) is 11.9. The van der Waals surface area contributed by atoms with Crippen LogP contribution in [0.2, 0.25) is 0 Å². The summed E-state index contributed by atoms with van der Waals surface area (Å²) in [7, 11) is 1.67. The lowest BCUT2D eigenvalue weighted by atomic mass is 9.56. The van der Waals surface area contributed by atoms with Gasteiger partial charge in [0.2, 0.25) is 0 Å². The van der Waals surface area contributed by atoms with Crippen LogP contribution in [-0.2, 0) is 11.3 Å². The van der Waals surface area contributed by atoms with Crippen LogP contribution in [0.3, 0.4) is 0 Å². The Morgan fingerprint density at radius 2 is 2.04 bits per heavy atom. The first-order valence-electron chi connectivity index (χ1n) is 9.49. The Balaban J connectivity index is 1.81. The molecule has 0 unspecified atom stereocenters. The average molecular weight is 347 g/mol. The minimum absolute atomic E-state index is 0.0804. The van der Waals surface area contributed by atoms with Crippen LogP contribution in [-0.4, -0.2) is 24.4 Å². The van der Waals surface area contributed by atoms with Gasteiger partial charge >= 0.3 is 0 Å². The third-order valence-corrected chi connectivity index (χ3v) is 6.25. The minimum atomic E-state index is -0.609. The molecule has 1 aromatic rings. The van der Waals surface area contributed by atoms with Crippen molar-refractivity contribution >= 4 is 0 Å². The van der Waals surface area contributed by atoms with Gasteiger partial charge in [-0.15, -0.1) is 6.58 Å². The molecule has 1 aliphatic carbocycles. The summed E-state index contributed by atoms with van der Waals surface area (Å²) in [6.07, 6.45) is 7.71. The number of methoxy groups -OCH3 is 1. The summed E-state index contributed by atoms with van der Waals surface area (Å²) in [5.41, 5.74) is 0.452. The Bertz CT molecular complexity index is 539. The maximum absolute atomic E-state index is 11.3. The fourth-order valence-corrected chi connectivity index (χ4v) is 4.24.